The van der Waals surface area contributed by atoms with Crippen molar-refractivity contribution in [1.82, 2.24) is 19.3 Å². The van der Waals surface area contributed by atoms with Crippen LogP contribution in [0.4, 0.5) is 5.95 Å². The summed E-state index contributed by atoms with van der Waals surface area (Å²) in [6, 6.07) is 1.81. The van der Waals surface area contributed by atoms with Gasteiger partial charge < -0.3 is 15.0 Å². The quantitative estimate of drug-likeness (QED) is 0.780. The van der Waals surface area contributed by atoms with Crippen LogP contribution in [0.1, 0.15) is 18.4 Å². The Labute approximate surface area is 145 Å². The van der Waals surface area contributed by atoms with Gasteiger partial charge in [0.1, 0.15) is 5.65 Å². The maximum atomic E-state index is 12.0. The lowest BCUT2D eigenvalue weighted by molar-refractivity contribution is 0.184. The molecule has 136 valence electrons. The number of hydrogen-bond acceptors (Lipinski definition) is 7. The number of nitrogens with zero attached hydrogens (tertiary/aromatic N) is 3. The number of piperidine rings is 1. The SMILES string of the molecule is COCc1cc2cnc(NC3CCN(S(C)(=O)=O)CC3)nc2[nH]c1=O. The summed E-state index contributed by atoms with van der Waals surface area (Å²) in [7, 11) is -1.61. The van der Waals surface area contributed by atoms with Crippen molar-refractivity contribution in [1.29, 1.82) is 0 Å². The van der Waals surface area contributed by atoms with Gasteiger partial charge in [0.2, 0.25) is 16.0 Å². The summed E-state index contributed by atoms with van der Waals surface area (Å²) in [5.74, 6) is 0.417. The van der Waals surface area contributed by atoms with Crippen molar-refractivity contribution >= 4 is 27.0 Å². The number of anilines is 1. The molecule has 10 heteroatoms. The number of H-pyrrole nitrogens is 1. The summed E-state index contributed by atoms with van der Waals surface area (Å²) in [6.07, 6.45) is 4.22. The standard InChI is InChI=1S/C15H21N5O4S/c1-24-9-11-7-10-8-16-15(19-13(10)18-14(11)21)17-12-3-5-20(6-4-12)25(2,22)23/h7-8,12H,3-6,9H2,1-2H3,(H2,16,17,18,19,21). The number of hydrogen-bond donors (Lipinski definition) is 2. The first-order valence-electron chi connectivity index (χ1n) is 7.96. The molecular weight excluding hydrogens is 346 g/mol. The lowest BCUT2D eigenvalue weighted by Crippen LogP contribution is -2.42. The monoisotopic (exact) mass is 367 g/mol. The van der Waals surface area contributed by atoms with Gasteiger partial charge in [-0.1, -0.05) is 0 Å². The maximum Gasteiger partial charge on any atom is 0.255 e. The first-order valence-corrected chi connectivity index (χ1v) is 9.81. The molecule has 2 aromatic heterocycles. The highest BCUT2D eigenvalue weighted by Gasteiger charge is 2.25. The zero-order valence-corrected chi connectivity index (χ0v) is 15.0. The highest BCUT2D eigenvalue weighted by Crippen LogP contribution is 2.17. The third kappa shape index (κ3) is 4.14. The van der Waals surface area contributed by atoms with Crippen LogP contribution in [-0.2, 0) is 21.4 Å². The zero-order valence-electron chi connectivity index (χ0n) is 14.2. The summed E-state index contributed by atoms with van der Waals surface area (Å²) in [6.45, 7) is 1.17. The van der Waals surface area contributed by atoms with Crippen molar-refractivity contribution in [3.8, 4) is 0 Å². The number of nitrogens with one attached hydrogen (secondary N) is 2. The molecule has 0 aliphatic carbocycles. The number of ether oxygens (including phenoxy) is 1. The van der Waals surface area contributed by atoms with Gasteiger partial charge in [0.15, 0.2) is 0 Å². The molecule has 1 fully saturated rings. The minimum atomic E-state index is -3.14. The van der Waals surface area contributed by atoms with Crippen LogP contribution in [0.2, 0.25) is 0 Å². The predicted molar refractivity (Wildman–Crippen MR) is 93.9 cm³/mol. The fourth-order valence-electron chi connectivity index (χ4n) is 2.88. The van der Waals surface area contributed by atoms with Crippen molar-refractivity contribution in [3.05, 3.63) is 28.2 Å². The molecule has 1 aliphatic rings. The molecule has 3 heterocycles. The van der Waals surface area contributed by atoms with E-state index >= 15 is 0 Å². The van der Waals surface area contributed by atoms with Crippen LogP contribution in [0.15, 0.2) is 17.1 Å². The molecule has 2 N–H and O–H groups in total. The average molecular weight is 367 g/mol. The number of fused-ring (bicyclic) bond motifs is 1. The maximum absolute atomic E-state index is 12.0. The summed E-state index contributed by atoms with van der Waals surface area (Å²) in [4.78, 5) is 23.3. The molecule has 3 rings (SSSR count). The molecule has 0 radical (unpaired) electrons. The molecule has 0 aromatic carbocycles. The number of methoxy groups -OCH3 is 1. The van der Waals surface area contributed by atoms with Crippen molar-refractivity contribution in [3.63, 3.8) is 0 Å². The first-order chi connectivity index (χ1) is 11.9. The molecule has 0 spiro atoms. The number of rotatable bonds is 5. The van der Waals surface area contributed by atoms with E-state index in [1.165, 1.54) is 17.7 Å². The van der Waals surface area contributed by atoms with Gasteiger partial charge in [-0.15, -0.1) is 0 Å². The largest absolute Gasteiger partial charge is 0.380 e. The van der Waals surface area contributed by atoms with E-state index in [1.54, 1.807) is 12.3 Å². The zero-order chi connectivity index (χ0) is 18.0. The van der Waals surface area contributed by atoms with Crippen molar-refractivity contribution < 1.29 is 13.2 Å². The third-order valence-corrected chi connectivity index (χ3v) is 5.53. The van der Waals surface area contributed by atoms with E-state index in [0.717, 1.165) is 5.39 Å². The van der Waals surface area contributed by atoms with Crippen LogP contribution in [0.5, 0.6) is 0 Å². The highest BCUT2D eigenvalue weighted by molar-refractivity contribution is 7.88. The van der Waals surface area contributed by atoms with Gasteiger partial charge in [-0.3, -0.25) is 4.79 Å². The van der Waals surface area contributed by atoms with Crippen molar-refractivity contribution in [2.24, 2.45) is 0 Å². The number of sulfonamides is 1. The van der Waals surface area contributed by atoms with E-state index in [2.05, 4.69) is 20.3 Å². The van der Waals surface area contributed by atoms with E-state index in [-0.39, 0.29) is 18.2 Å². The summed E-state index contributed by atoms with van der Waals surface area (Å²) in [5.41, 5.74) is 0.740. The molecule has 0 atom stereocenters. The second kappa shape index (κ2) is 7.06. The van der Waals surface area contributed by atoms with Crippen molar-refractivity contribution in [2.45, 2.75) is 25.5 Å². The lowest BCUT2D eigenvalue weighted by Gasteiger charge is -2.30. The van der Waals surface area contributed by atoms with Crippen LogP contribution in [0, 0.1) is 0 Å². The molecule has 1 saturated heterocycles. The van der Waals surface area contributed by atoms with Crippen LogP contribution >= 0.6 is 0 Å². The van der Waals surface area contributed by atoms with E-state index in [1.807, 2.05) is 0 Å². The van der Waals surface area contributed by atoms with E-state index < -0.39 is 10.0 Å². The highest BCUT2D eigenvalue weighted by atomic mass is 32.2. The second-order valence-corrected chi connectivity index (χ2v) is 8.12. The summed E-state index contributed by atoms with van der Waals surface area (Å²) < 4.78 is 29.6. The fourth-order valence-corrected chi connectivity index (χ4v) is 3.76. The van der Waals surface area contributed by atoms with Gasteiger partial charge in [0, 0.05) is 43.4 Å². The van der Waals surface area contributed by atoms with Gasteiger partial charge >= 0.3 is 0 Å². The second-order valence-electron chi connectivity index (χ2n) is 6.13. The summed E-state index contributed by atoms with van der Waals surface area (Å²) >= 11 is 0. The van der Waals surface area contributed by atoms with E-state index in [4.69, 9.17) is 4.74 Å². The van der Waals surface area contributed by atoms with Crippen LogP contribution in [0.3, 0.4) is 0 Å². The van der Waals surface area contributed by atoms with E-state index in [9.17, 15) is 13.2 Å². The molecule has 25 heavy (non-hydrogen) atoms. The number of pyridine rings is 1. The smallest absolute Gasteiger partial charge is 0.255 e. The van der Waals surface area contributed by atoms with Gasteiger partial charge in [0.05, 0.1) is 12.9 Å². The first kappa shape index (κ1) is 17.8. The minimum absolute atomic E-state index is 0.0925. The topological polar surface area (TPSA) is 117 Å². The van der Waals surface area contributed by atoms with E-state index in [0.29, 0.717) is 43.1 Å². The van der Waals surface area contributed by atoms with Gasteiger partial charge in [0.25, 0.3) is 5.56 Å². The van der Waals surface area contributed by atoms with Crippen LogP contribution in [0.25, 0.3) is 11.0 Å². The Morgan fingerprint density at radius 3 is 2.76 bits per heavy atom. The summed E-state index contributed by atoms with van der Waals surface area (Å²) in [5, 5.41) is 3.94. The Morgan fingerprint density at radius 2 is 2.12 bits per heavy atom. The Bertz CT molecular complexity index is 919. The van der Waals surface area contributed by atoms with Gasteiger partial charge in [-0.2, -0.15) is 4.98 Å². The molecule has 0 bridgehead atoms. The molecular formula is C15H21N5O4S. The van der Waals surface area contributed by atoms with Crippen LogP contribution in [-0.4, -0.2) is 60.2 Å². The Kier molecular flexibility index (Phi) is 5.02. The van der Waals surface area contributed by atoms with Crippen LogP contribution < -0.4 is 10.9 Å². The predicted octanol–water partition coefficient (Wildman–Crippen LogP) is 0.300. The molecule has 1 aliphatic heterocycles. The molecule has 2 aromatic rings. The van der Waals surface area contributed by atoms with Gasteiger partial charge in [-0.25, -0.2) is 17.7 Å². The Balaban J connectivity index is 1.73. The fraction of sp³-hybridized carbons (Fsp3) is 0.533. The van der Waals surface area contributed by atoms with Crippen molar-refractivity contribution in [2.75, 3.05) is 31.8 Å². The third-order valence-electron chi connectivity index (χ3n) is 4.23. The minimum Gasteiger partial charge on any atom is -0.380 e. The molecule has 0 unspecified atom stereocenters. The normalized spacial score (nSPS) is 17.0. The van der Waals surface area contributed by atoms with Gasteiger partial charge in [-0.05, 0) is 18.9 Å². The average Bonchev–Trinajstić information content (AvgIpc) is 2.55. The molecule has 0 amide bonds. The lowest BCUT2D eigenvalue weighted by atomic mass is 10.1. The molecule has 9 nitrogen and oxygen atoms in total. The number of aromatic amines is 1. The number of aromatic nitrogens is 3. The Morgan fingerprint density at radius 1 is 1.40 bits per heavy atom. The Hall–Kier alpha value is -2.04. The molecule has 0 saturated carbocycles.